The molecular formula is C28H22ClF3N4O. The zero-order valence-corrected chi connectivity index (χ0v) is 20.4. The van der Waals surface area contributed by atoms with Gasteiger partial charge < -0.3 is 9.88 Å². The van der Waals surface area contributed by atoms with E-state index >= 15 is 0 Å². The number of fused-ring (bicyclic) bond motifs is 1. The van der Waals surface area contributed by atoms with Crippen LogP contribution in [0.4, 0.5) is 18.9 Å². The molecule has 1 N–H and O–H groups in total. The Morgan fingerprint density at radius 3 is 2.38 bits per heavy atom. The maximum Gasteiger partial charge on any atom is 0.247 e. The third kappa shape index (κ3) is 4.92. The summed E-state index contributed by atoms with van der Waals surface area (Å²) in [7, 11) is 0. The largest absolute Gasteiger partial charge is 0.322 e. The molecule has 1 saturated carbocycles. The van der Waals surface area contributed by atoms with Crippen molar-refractivity contribution in [1.82, 2.24) is 9.55 Å². The van der Waals surface area contributed by atoms with Crippen LogP contribution >= 0.6 is 11.6 Å². The van der Waals surface area contributed by atoms with Gasteiger partial charge in [0.25, 0.3) is 0 Å². The number of amides is 1. The van der Waals surface area contributed by atoms with Crippen molar-refractivity contribution < 1.29 is 18.0 Å². The summed E-state index contributed by atoms with van der Waals surface area (Å²) in [6, 6.07) is 13.6. The van der Waals surface area contributed by atoms with Crippen LogP contribution in [-0.4, -0.2) is 15.5 Å². The standard InChI is InChI=1S/C28H22ClF3N4O/c29-19-9-7-18(8-10-19)27-34-24-13-20(30)21(31)14-25(24)36(27)26(17-4-2-1-3-5-17)28(37)35-23-11-6-16(15-33)12-22(23)32/h6-14,17,26H,1-5H2,(H,35,37). The van der Waals surface area contributed by atoms with E-state index in [-0.39, 0.29) is 28.2 Å². The van der Waals surface area contributed by atoms with Gasteiger partial charge in [0.05, 0.1) is 28.4 Å². The molecule has 5 nitrogen and oxygen atoms in total. The average Bonchev–Trinajstić information content (AvgIpc) is 3.24. The number of aromatic nitrogens is 2. The van der Waals surface area contributed by atoms with Crippen molar-refractivity contribution in [3.8, 4) is 17.5 Å². The van der Waals surface area contributed by atoms with Gasteiger partial charge in [0.2, 0.25) is 5.91 Å². The lowest BCUT2D eigenvalue weighted by molar-refractivity contribution is -0.121. The minimum Gasteiger partial charge on any atom is -0.322 e. The molecule has 1 aliphatic carbocycles. The Hall–Kier alpha value is -3.83. The molecule has 1 aliphatic rings. The normalized spacial score (nSPS) is 14.9. The van der Waals surface area contributed by atoms with Gasteiger partial charge in [0, 0.05) is 22.7 Å². The number of rotatable bonds is 5. The molecule has 1 unspecified atom stereocenters. The summed E-state index contributed by atoms with van der Waals surface area (Å²) in [4.78, 5) is 18.5. The number of nitrogens with one attached hydrogen (secondary N) is 1. The molecule has 4 aromatic rings. The predicted molar refractivity (Wildman–Crippen MR) is 135 cm³/mol. The third-order valence-corrected chi connectivity index (χ3v) is 7.09. The summed E-state index contributed by atoms with van der Waals surface area (Å²) < 4.78 is 45.0. The van der Waals surface area contributed by atoms with Gasteiger partial charge >= 0.3 is 0 Å². The average molecular weight is 523 g/mol. The lowest BCUT2D eigenvalue weighted by atomic mass is 9.83. The van der Waals surface area contributed by atoms with Crippen LogP contribution in [0, 0.1) is 34.7 Å². The van der Waals surface area contributed by atoms with E-state index in [1.807, 2.05) is 6.07 Å². The van der Waals surface area contributed by atoms with Gasteiger partial charge in [-0.1, -0.05) is 30.9 Å². The molecule has 1 atom stereocenters. The fourth-order valence-electron chi connectivity index (χ4n) is 5.06. The fraction of sp³-hybridized carbons (Fsp3) is 0.250. The topological polar surface area (TPSA) is 70.7 Å². The van der Waals surface area contributed by atoms with Crippen LogP contribution in [0.25, 0.3) is 22.4 Å². The van der Waals surface area contributed by atoms with E-state index in [2.05, 4.69) is 10.3 Å². The summed E-state index contributed by atoms with van der Waals surface area (Å²) in [6.45, 7) is 0. The van der Waals surface area contributed by atoms with Crippen LogP contribution in [0.3, 0.4) is 0 Å². The second-order valence-corrected chi connectivity index (χ2v) is 9.64. The Bertz CT molecular complexity index is 1520. The van der Waals surface area contributed by atoms with Crippen LogP contribution in [0.1, 0.15) is 43.7 Å². The monoisotopic (exact) mass is 522 g/mol. The zero-order chi connectivity index (χ0) is 26.1. The van der Waals surface area contributed by atoms with Gasteiger partial charge in [-0.25, -0.2) is 18.2 Å². The minimum absolute atomic E-state index is 0.0699. The van der Waals surface area contributed by atoms with Gasteiger partial charge in [-0.3, -0.25) is 4.79 Å². The molecule has 5 rings (SSSR count). The molecule has 1 heterocycles. The van der Waals surface area contributed by atoms with E-state index in [9.17, 15) is 18.0 Å². The van der Waals surface area contributed by atoms with Crippen LogP contribution in [-0.2, 0) is 4.79 Å². The van der Waals surface area contributed by atoms with Crippen LogP contribution in [0.15, 0.2) is 54.6 Å². The number of benzene rings is 3. The van der Waals surface area contributed by atoms with Crippen molar-refractivity contribution in [2.75, 3.05) is 5.32 Å². The van der Waals surface area contributed by atoms with Gasteiger partial charge in [0.15, 0.2) is 11.6 Å². The molecule has 1 amide bonds. The summed E-state index contributed by atoms with van der Waals surface area (Å²) >= 11 is 6.07. The number of hydrogen-bond acceptors (Lipinski definition) is 3. The lowest BCUT2D eigenvalue weighted by Crippen LogP contribution is -2.34. The summed E-state index contributed by atoms with van der Waals surface area (Å²) in [5.74, 6) is -3.14. The molecule has 0 bridgehead atoms. The smallest absolute Gasteiger partial charge is 0.247 e. The molecule has 0 saturated heterocycles. The van der Waals surface area contributed by atoms with Gasteiger partial charge in [-0.2, -0.15) is 5.26 Å². The molecule has 9 heteroatoms. The Labute approximate surface area is 216 Å². The Kier molecular flexibility index (Phi) is 6.90. The first-order valence-corrected chi connectivity index (χ1v) is 12.4. The van der Waals surface area contributed by atoms with Crippen LogP contribution in [0.2, 0.25) is 5.02 Å². The van der Waals surface area contributed by atoms with Crippen molar-refractivity contribution in [3.05, 3.63) is 82.6 Å². The van der Waals surface area contributed by atoms with Crippen molar-refractivity contribution >= 4 is 34.2 Å². The first-order chi connectivity index (χ1) is 17.9. The molecule has 1 fully saturated rings. The molecule has 1 aromatic heterocycles. The Morgan fingerprint density at radius 2 is 1.70 bits per heavy atom. The quantitative estimate of drug-likeness (QED) is 0.297. The summed E-state index contributed by atoms with van der Waals surface area (Å²) in [5, 5.41) is 12.2. The number of carbonyl (C=O) groups excluding carboxylic acids is 1. The maximum absolute atomic E-state index is 14.7. The highest BCUT2D eigenvalue weighted by Crippen LogP contribution is 2.39. The summed E-state index contributed by atoms with van der Waals surface area (Å²) in [5.41, 5.74) is 1.12. The highest BCUT2D eigenvalue weighted by molar-refractivity contribution is 6.30. The Balaban J connectivity index is 1.68. The molecular weight excluding hydrogens is 501 g/mol. The fourth-order valence-corrected chi connectivity index (χ4v) is 5.19. The highest BCUT2D eigenvalue weighted by atomic mass is 35.5. The van der Waals surface area contributed by atoms with Crippen molar-refractivity contribution in [1.29, 1.82) is 5.26 Å². The van der Waals surface area contributed by atoms with E-state index in [0.29, 0.717) is 16.4 Å². The van der Waals surface area contributed by atoms with E-state index < -0.39 is 29.4 Å². The van der Waals surface area contributed by atoms with Gasteiger partial charge in [-0.15, -0.1) is 0 Å². The first-order valence-electron chi connectivity index (χ1n) is 12.0. The van der Waals surface area contributed by atoms with E-state index in [0.717, 1.165) is 50.3 Å². The van der Waals surface area contributed by atoms with Crippen molar-refractivity contribution in [2.45, 2.75) is 38.1 Å². The number of anilines is 1. The minimum atomic E-state index is -1.06. The second-order valence-electron chi connectivity index (χ2n) is 9.21. The number of imidazole rings is 1. The molecule has 0 aliphatic heterocycles. The molecule has 3 aromatic carbocycles. The van der Waals surface area contributed by atoms with E-state index in [1.54, 1.807) is 28.8 Å². The number of hydrogen-bond donors (Lipinski definition) is 1. The Morgan fingerprint density at radius 1 is 1.00 bits per heavy atom. The second kappa shape index (κ2) is 10.3. The molecule has 37 heavy (non-hydrogen) atoms. The first kappa shape index (κ1) is 24.8. The van der Waals surface area contributed by atoms with Gasteiger partial charge in [0.1, 0.15) is 17.7 Å². The SMILES string of the molecule is N#Cc1ccc(NC(=O)C(C2CCCCC2)n2c(-c3ccc(Cl)cc3)nc3cc(F)c(F)cc32)c(F)c1. The van der Waals surface area contributed by atoms with Crippen LogP contribution < -0.4 is 5.32 Å². The predicted octanol–water partition coefficient (Wildman–Crippen LogP) is 7.41. The van der Waals surface area contributed by atoms with Crippen molar-refractivity contribution in [2.24, 2.45) is 5.92 Å². The molecule has 188 valence electrons. The number of carbonyl (C=O) groups is 1. The van der Waals surface area contributed by atoms with E-state index in [1.165, 1.54) is 12.1 Å². The molecule has 0 spiro atoms. The zero-order valence-electron chi connectivity index (χ0n) is 19.6. The van der Waals surface area contributed by atoms with E-state index in [4.69, 9.17) is 16.9 Å². The summed E-state index contributed by atoms with van der Waals surface area (Å²) in [6.07, 6.45) is 4.31. The van der Waals surface area contributed by atoms with Gasteiger partial charge in [-0.05, 0) is 61.2 Å². The number of nitrogens with zero attached hydrogens (tertiary/aromatic N) is 3. The number of halogens is 4. The lowest BCUT2D eigenvalue weighted by Gasteiger charge is -2.32. The van der Waals surface area contributed by atoms with Crippen LogP contribution in [0.5, 0.6) is 0 Å². The highest BCUT2D eigenvalue weighted by Gasteiger charge is 2.35. The number of nitriles is 1. The molecule has 0 radical (unpaired) electrons. The van der Waals surface area contributed by atoms with Crippen molar-refractivity contribution in [3.63, 3.8) is 0 Å². The maximum atomic E-state index is 14.7. The third-order valence-electron chi connectivity index (χ3n) is 6.83.